The number of hydrogen-bond acceptors (Lipinski definition) is 7. The van der Waals surface area contributed by atoms with Crippen LogP contribution in [0.25, 0.3) is 17.0 Å². The molecule has 1 aromatic carbocycles. The number of fused-ring (bicyclic) bond motifs is 2. The molecule has 172 valence electrons. The SMILES string of the molecule is CCC1=Cc2scc(C(=O)Nc3cc4cccnc4cc3OC)c2NC(=NCC(O)CO)C1. The van der Waals surface area contributed by atoms with Crippen LogP contribution in [-0.2, 0) is 0 Å². The average Bonchev–Trinajstić information content (AvgIpc) is 3.13. The number of aliphatic imine (C=N–C) groups is 1. The van der Waals surface area contributed by atoms with E-state index in [9.17, 15) is 9.90 Å². The molecule has 1 atom stereocenters. The summed E-state index contributed by atoms with van der Waals surface area (Å²) in [5.41, 5.74) is 3.67. The highest BCUT2D eigenvalue weighted by Gasteiger charge is 2.22. The van der Waals surface area contributed by atoms with E-state index in [2.05, 4.69) is 33.6 Å². The van der Waals surface area contributed by atoms with E-state index in [-0.39, 0.29) is 19.1 Å². The number of anilines is 2. The summed E-state index contributed by atoms with van der Waals surface area (Å²) in [6.07, 6.45) is 4.30. The summed E-state index contributed by atoms with van der Waals surface area (Å²) in [5.74, 6) is 0.901. The third kappa shape index (κ3) is 5.05. The first-order valence-corrected chi connectivity index (χ1v) is 11.5. The Balaban J connectivity index is 1.65. The number of carbonyl (C=O) groups excluding carboxylic acids is 1. The van der Waals surface area contributed by atoms with Crippen LogP contribution in [0.2, 0.25) is 0 Å². The number of pyridine rings is 1. The number of thiophene rings is 1. The number of aromatic nitrogens is 1. The summed E-state index contributed by atoms with van der Waals surface area (Å²) in [7, 11) is 1.55. The molecule has 8 nitrogen and oxygen atoms in total. The van der Waals surface area contributed by atoms with Gasteiger partial charge < -0.3 is 25.6 Å². The number of aliphatic hydroxyl groups excluding tert-OH is 2. The van der Waals surface area contributed by atoms with Gasteiger partial charge >= 0.3 is 0 Å². The normalized spacial score (nSPS) is 15.4. The van der Waals surface area contributed by atoms with E-state index in [1.54, 1.807) is 19.4 Å². The maximum absolute atomic E-state index is 13.3. The second-order valence-corrected chi connectivity index (χ2v) is 8.58. The fraction of sp³-hybridized carbons (Fsp3) is 0.292. The minimum absolute atomic E-state index is 0.0825. The zero-order valence-corrected chi connectivity index (χ0v) is 19.3. The van der Waals surface area contributed by atoms with Gasteiger partial charge in [-0.2, -0.15) is 0 Å². The molecule has 3 heterocycles. The Morgan fingerprint density at radius 2 is 2.27 bits per heavy atom. The number of ether oxygens (including phenoxy) is 1. The van der Waals surface area contributed by atoms with E-state index < -0.39 is 6.10 Å². The molecule has 1 unspecified atom stereocenters. The third-order valence-corrected chi connectivity index (χ3v) is 6.32. The second-order valence-electron chi connectivity index (χ2n) is 7.67. The fourth-order valence-electron chi connectivity index (χ4n) is 3.57. The lowest BCUT2D eigenvalue weighted by Gasteiger charge is -2.14. The van der Waals surface area contributed by atoms with E-state index >= 15 is 0 Å². The highest BCUT2D eigenvalue weighted by Crippen LogP contribution is 2.36. The Morgan fingerprint density at radius 1 is 1.42 bits per heavy atom. The van der Waals surface area contributed by atoms with Gasteiger partial charge in [0.15, 0.2) is 0 Å². The van der Waals surface area contributed by atoms with Crippen molar-refractivity contribution in [1.82, 2.24) is 4.98 Å². The van der Waals surface area contributed by atoms with Gasteiger partial charge in [-0.3, -0.25) is 14.8 Å². The summed E-state index contributed by atoms with van der Waals surface area (Å²) in [5, 5.41) is 27.7. The lowest BCUT2D eigenvalue weighted by molar-refractivity contribution is 0.102. The summed E-state index contributed by atoms with van der Waals surface area (Å²) in [4.78, 5) is 23.0. The molecule has 0 saturated heterocycles. The maximum Gasteiger partial charge on any atom is 0.258 e. The van der Waals surface area contributed by atoms with Gasteiger partial charge in [-0.05, 0) is 24.6 Å². The second kappa shape index (κ2) is 10.1. The minimum Gasteiger partial charge on any atom is -0.494 e. The highest BCUT2D eigenvalue weighted by atomic mass is 32.1. The van der Waals surface area contributed by atoms with E-state index in [1.165, 1.54) is 11.3 Å². The van der Waals surface area contributed by atoms with Crippen molar-refractivity contribution in [3.8, 4) is 5.75 Å². The molecule has 1 amide bonds. The summed E-state index contributed by atoms with van der Waals surface area (Å²) >= 11 is 1.48. The summed E-state index contributed by atoms with van der Waals surface area (Å²) in [6, 6.07) is 7.41. The van der Waals surface area contributed by atoms with Gasteiger partial charge in [-0.25, -0.2) is 0 Å². The Morgan fingerprint density at radius 3 is 3.03 bits per heavy atom. The molecule has 0 saturated carbocycles. The van der Waals surface area contributed by atoms with Crippen LogP contribution < -0.4 is 15.4 Å². The van der Waals surface area contributed by atoms with Crippen LogP contribution in [0.15, 0.2) is 46.4 Å². The van der Waals surface area contributed by atoms with E-state index in [4.69, 9.17) is 9.84 Å². The van der Waals surface area contributed by atoms with Gasteiger partial charge in [-0.15, -0.1) is 11.3 Å². The van der Waals surface area contributed by atoms with Crippen molar-refractivity contribution in [3.63, 3.8) is 0 Å². The molecule has 0 bridgehead atoms. The molecule has 33 heavy (non-hydrogen) atoms. The fourth-order valence-corrected chi connectivity index (χ4v) is 4.55. The van der Waals surface area contributed by atoms with Crippen molar-refractivity contribution in [2.24, 2.45) is 4.99 Å². The van der Waals surface area contributed by atoms with Crippen molar-refractivity contribution in [3.05, 3.63) is 51.9 Å². The number of methoxy groups -OCH3 is 1. The van der Waals surface area contributed by atoms with Gasteiger partial charge in [0.25, 0.3) is 5.91 Å². The first-order chi connectivity index (χ1) is 16.0. The lowest BCUT2D eigenvalue weighted by atomic mass is 10.1. The van der Waals surface area contributed by atoms with Gasteiger partial charge in [0.05, 0.1) is 53.7 Å². The summed E-state index contributed by atoms with van der Waals surface area (Å²) in [6.45, 7) is 1.80. The number of amides is 1. The Hall–Kier alpha value is -3.27. The van der Waals surface area contributed by atoms with Gasteiger partial charge in [0.1, 0.15) is 11.6 Å². The zero-order valence-electron chi connectivity index (χ0n) is 18.5. The molecule has 4 N–H and O–H groups in total. The number of benzene rings is 1. The predicted molar refractivity (Wildman–Crippen MR) is 132 cm³/mol. The van der Waals surface area contributed by atoms with Crippen LogP contribution >= 0.6 is 11.3 Å². The quantitative estimate of drug-likeness (QED) is 0.419. The third-order valence-electron chi connectivity index (χ3n) is 5.39. The molecule has 0 fully saturated rings. The van der Waals surface area contributed by atoms with Crippen molar-refractivity contribution >= 4 is 51.4 Å². The van der Waals surface area contributed by atoms with Gasteiger partial charge in [0.2, 0.25) is 0 Å². The summed E-state index contributed by atoms with van der Waals surface area (Å²) < 4.78 is 5.47. The van der Waals surface area contributed by atoms with Crippen molar-refractivity contribution in [2.45, 2.75) is 25.9 Å². The van der Waals surface area contributed by atoms with Gasteiger partial charge in [0, 0.05) is 29.5 Å². The largest absolute Gasteiger partial charge is 0.494 e. The molecule has 9 heteroatoms. The van der Waals surface area contributed by atoms with Crippen LogP contribution in [0.4, 0.5) is 11.4 Å². The van der Waals surface area contributed by atoms with E-state index in [0.29, 0.717) is 34.9 Å². The first kappa shape index (κ1) is 22.9. The number of rotatable bonds is 7. The molecular weight excluding hydrogens is 440 g/mol. The Kier molecular flexibility index (Phi) is 7.02. The number of nitrogens with one attached hydrogen (secondary N) is 2. The Bertz CT molecular complexity index is 1230. The molecular formula is C24H26N4O4S. The van der Waals surface area contributed by atoms with Crippen LogP contribution in [0.1, 0.15) is 35.0 Å². The van der Waals surface area contributed by atoms with Crippen LogP contribution in [-0.4, -0.2) is 53.3 Å². The molecule has 0 radical (unpaired) electrons. The number of hydrogen-bond donors (Lipinski definition) is 4. The molecule has 0 spiro atoms. The molecule has 4 rings (SSSR count). The standard InChI is InChI=1S/C24H26N4O4S/c1-3-14-7-21-23(28-22(8-14)26-11-16(30)12-29)17(13-33-21)24(31)27-19-9-15-5-4-6-25-18(15)10-20(19)32-2/h4-7,9-10,13,16,29-30H,3,8,11-12H2,1-2H3,(H,26,28)(H,27,31). The molecule has 2 aromatic heterocycles. The van der Waals surface area contributed by atoms with E-state index in [1.807, 2.05) is 23.6 Å². The van der Waals surface area contributed by atoms with Crippen LogP contribution in [0.5, 0.6) is 5.75 Å². The average molecular weight is 467 g/mol. The van der Waals surface area contributed by atoms with Crippen LogP contribution in [0.3, 0.4) is 0 Å². The van der Waals surface area contributed by atoms with Crippen molar-refractivity contribution in [2.75, 3.05) is 30.9 Å². The van der Waals surface area contributed by atoms with Gasteiger partial charge in [-0.1, -0.05) is 18.6 Å². The zero-order chi connectivity index (χ0) is 23.4. The monoisotopic (exact) mass is 466 g/mol. The molecule has 3 aromatic rings. The molecule has 1 aliphatic rings. The molecule has 1 aliphatic heterocycles. The first-order valence-electron chi connectivity index (χ1n) is 10.7. The maximum atomic E-state index is 13.3. The van der Waals surface area contributed by atoms with E-state index in [0.717, 1.165) is 27.8 Å². The number of aliphatic hydroxyl groups is 2. The highest BCUT2D eigenvalue weighted by molar-refractivity contribution is 7.12. The Labute approximate surface area is 195 Å². The minimum atomic E-state index is -0.920. The van der Waals surface area contributed by atoms with Crippen molar-refractivity contribution in [1.29, 1.82) is 0 Å². The predicted octanol–water partition coefficient (Wildman–Crippen LogP) is 3.92. The number of carbonyl (C=O) groups is 1. The smallest absolute Gasteiger partial charge is 0.258 e. The molecule has 0 aliphatic carbocycles. The number of nitrogens with zero attached hydrogens (tertiary/aromatic N) is 2. The van der Waals surface area contributed by atoms with Crippen molar-refractivity contribution < 1.29 is 19.7 Å². The topological polar surface area (TPSA) is 116 Å². The number of amidine groups is 1. The lowest BCUT2D eigenvalue weighted by Crippen LogP contribution is -2.21. The van der Waals surface area contributed by atoms with Crippen LogP contribution in [0, 0.1) is 0 Å².